The average molecular weight is 245 g/mol. The van der Waals surface area contributed by atoms with Gasteiger partial charge in [-0.15, -0.1) is 0 Å². The topological polar surface area (TPSA) is 46.2 Å². The standard InChI is InChI=1S/C15H19NO2/c1-11(17)14(12-5-3-2-4-6-12)9-10-15(18)16-13-7-8-13/h2-6,13-14H,7-10H2,1H3,(H,16,18). The lowest BCUT2D eigenvalue weighted by Gasteiger charge is -2.13. The summed E-state index contributed by atoms with van der Waals surface area (Å²) in [5.74, 6) is 0.0382. The van der Waals surface area contributed by atoms with E-state index in [0.717, 1.165) is 18.4 Å². The Bertz CT molecular complexity index is 423. The van der Waals surface area contributed by atoms with Crippen LogP contribution < -0.4 is 5.32 Å². The molecule has 0 heterocycles. The largest absolute Gasteiger partial charge is 0.353 e. The Labute approximate surface area is 108 Å². The minimum absolute atomic E-state index is 0.0691. The Hall–Kier alpha value is -1.64. The molecule has 0 saturated heterocycles. The molecule has 0 radical (unpaired) electrons. The molecule has 3 heteroatoms. The first-order valence-corrected chi connectivity index (χ1v) is 6.51. The molecular weight excluding hydrogens is 226 g/mol. The normalized spacial score (nSPS) is 16.1. The fourth-order valence-electron chi connectivity index (χ4n) is 2.09. The van der Waals surface area contributed by atoms with E-state index in [0.29, 0.717) is 18.9 Å². The van der Waals surface area contributed by atoms with E-state index >= 15 is 0 Å². The maximum Gasteiger partial charge on any atom is 0.220 e. The predicted octanol–water partition coefficient (Wildman–Crippen LogP) is 2.42. The molecule has 1 aliphatic carbocycles. The van der Waals surface area contributed by atoms with Gasteiger partial charge in [-0.1, -0.05) is 30.3 Å². The highest BCUT2D eigenvalue weighted by atomic mass is 16.1. The first kappa shape index (κ1) is 12.8. The molecule has 1 fully saturated rings. The molecule has 96 valence electrons. The first-order chi connectivity index (χ1) is 8.66. The van der Waals surface area contributed by atoms with Crippen LogP contribution >= 0.6 is 0 Å². The number of ketones is 1. The zero-order chi connectivity index (χ0) is 13.0. The van der Waals surface area contributed by atoms with E-state index in [1.807, 2.05) is 30.3 Å². The lowest BCUT2D eigenvalue weighted by Crippen LogP contribution is -2.26. The minimum Gasteiger partial charge on any atom is -0.353 e. The number of Topliss-reactive ketones (excluding diaryl/α,β-unsaturated/α-hetero) is 1. The molecule has 1 unspecified atom stereocenters. The molecule has 3 nitrogen and oxygen atoms in total. The highest BCUT2D eigenvalue weighted by Crippen LogP contribution is 2.23. The van der Waals surface area contributed by atoms with E-state index in [2.05, 4.69) is 5.32 Å². The monoisotopic (exact) mass is 245 g/mol. The summed E-state index contributed by atoms with van der Waals surface area (Å²) in [6.45, 7) is 1.59. The Kier molecular flexibility index (Phi) is 4.13. The third-order valence-electron chi connectivity index (χ3n) is 3.30. The molecule has 2 rings (SSSR count). The van der Waals surface area contributed by atoms with Crippen LogP contribution in [0.2, 0.25) is 0 Å². The summed E-state index contributed by atoms with van der Waals surface area (Å²) in [6, 6.07) is 10.1. The second-order valence-electron chi connectivity index (χ2n) is 4.95. The van der Waals surface area contributed by atoms with Crippen LogP contribution in [-0.2, 0) is 9.59 Å². The van der Waals surface area contributed by atoms with Crippen molar-refractivity contribution in [1.29, 1.82) is 0 Å². The van der Waals surface area contributed by atoms with Crippen molar-refractivity contribution in [3.05, 3.63) is 35.9 Å². The summed E-state index contributed by atoms with van der Waals surface area (Å²) < 4.78 is 0. The maximum absolute atomic E-state index is 11.7. The summed E-state index contributed by atoms with van der Waals surface area (Å²) in [5.41, 5.74) is 1.00. The van der Waals surface area contributed by atoms with E-state index in [1.165, 1.54) is 0 Å². The number of carbonyl (C=O) groups excluding carboxylic acids is 2. The molecule has 1 saturated carbocycles. The molecule has 1 aromatic carbocycles. The van der Waals surface area contributed by atoms with E-state index in [9.17, 15) is 9.59 Å². The predicted molar refractivity (Wildman–Crippen MR) is 70.3 cm³/mol. The van der Waals surface area contributed by atoms with Gasteiger partial charge >= 0.3 is 0 Å². The van der Waals surface area contributed by atoms with E-state index in [4.69, 9.17) is 0 Å². The summed E-state index contributed by atoms with van der Waals surface area (Å²) in [6.07, 6.45) is 3.22. The molecular formula is C15H19NO2. The minimum atomic E-state index is -0.156. The van der Waals surface area contributed by atoms with E-state index in [-0.39, 0.29) is 17.6 Å². The van der Waals surface area contributed by atoms with Crippen LogP contribution in [0.4, 0.5) is 0 Å². The number of carbonyl (C=O) groups is 2. The summed E-state index contributed by atoms with van der Waals surface area (Å²) in [5, 5.41) is 2.95. The Balaban J connectivity index is 1.90. The fourth-order valence-corrected chi connectivity index (χ4v) is 2.09. The smallest absolute Gasteiger partial charge is 0.220 e. The van der Waals surface area contributed by atoms with Crippen LogP contribution in [-0.4, -0.2) is 17.7 Å². The van der Waals surface area contributed by atoms with Crippen molar-refractivity contribution >= 4 is 11.7 Å². The molecule has 0 spiro atoms. The van der Waals surface area contributed by atoms with Crippen molar-refractivity contribution in [3.63, 3.8) is 0 Å². The second-order valence-corrected chi connectivity index (χ2v) is 4.95. The van der Waals surface area contributed by atoms with Crippen LogP contribution in [0.15, 0.2) is 30.3 Å². The average Bonchev–Trinajstić information content (AvgIpc) is 3.14. The van der Waals surface area contributed by atoms with Gasteiger partial charge in [0.25, 0.3) is 0 Å². The molecule has 0 bridgehead atoms. The van der Waals surface area contributed by atoms with Gasteiger partial charge in [0.2, 0.25) is 5.91 Å². The van der Waals surface area contributed by atoms with Gasteiger partial charge in [-0.3, -0.25) is 9.59 Å². The lowest BCUT2D eigenvalue weighted by atomic mass is 9.91. The molecule has 1 N–H and O–H groups in total. The highest BCUT2D eigenvalue weighted by molar-refractivity contribution is 5.84. The van der Waals surface area contributed by atoms with Gasteiger partial charge < -0.3 is 5.32 Å². The van der Waals surface area contributed by atoms with Gasteiger partial charge in [0.1, 0.15) is 5.78 Å². The summed E-state index contributed by atoms with van der Waals surface area (Å²) >= 11 is 0. The van der Waals surface area contributed by atoms with Crippen LogP contribution in [0.1, 0.15) is 44.1 Å². The molecule has 0 aromatic heterocycles. The number of nitrogens with one attached hydrogen (secondary N) is 1. The lowest BCUT2D eigenvalue weighted by molar-refractivity contribution is -0.122. The second kappa shape index (κ2) is 5.80. The molecule has 1 atom stereocenters. The molecule has 1 aliphatic rings. The molecule has 18 heavy (non-hydrogen) atoms. The first-order valence-electron chi connectivity index (χ1n) is 6.51. The van der Waals surface area contributed by atoms with Crippen LogP contribution in [0, 0.1) is 0 Å². The zero-order valence-corrected chi connectivity index (χ0v) is 10.7. The zero-order valence-electron chi connectivity index (χ0n) is 10.7. The van der Waals surface area contributed by atoms with Crippen molar-refractivity contribution < 1.29 is 9.59 Å². The van der Waals surface area contributed by atoms with Crippen LogP contribution in [0.5, 0.6) is 0 Å². The third-order valence-corrected chi connectivity index (χ3v) is 3.30. The Morgan fingerprint density at radius 2 is 1.94 bits per heavy atom. The fraction of sp³-hybridized carbons (Fsp3) is 0.467. The van der Waals surface area contributed by atoms with Gasteiger partial charge in [0, 0.05) is 18.4 Å². The van der Waals surface area contributed by atoms with Crippen molar-refractivity contribution in [3.8, 4) is 0 Å². The molecule has 1 amide bonds. The Morgan fingerprint density at radius 1 is 1.28 bits per heavy atom. The Morgan fingerprint density at radius 3 is 2.50 bits per heavy atom. The van der Waals surface area contributed by atoms with E-state index in [1.54, 1.807) is 6.92 Å². The van der Waals surface area contributed by atoms with Crippen LogP contribution in [0.25, 0.3) is 0 Å². The van der Waals surface area contributed by atoms with Gasteiger partial charge in [-0.05, 0) is 31.7 Å². The van der Waals surface area contributed by atoms with Crippen molar-refractivity contribution in [1.82, 2.24) is 5.32 Å². The molecule has 1 aromatic rings. The van der Waals surface area contributed by atoms with Gasteiger partial charge in [-0.25, -0.2) is 0 Å². The maximum atomic E-state index is 11.7. The summed E-state index contributed by atoms with van der Waals surface area (Å²) in [4.78, 5) is 23.3. The number of rotatable bonds is 6. The van der Waals surface area contributed by atoms with Gasteiger partial charge in [0.15, 0.2) is 0 Å². The van der Waals surface area contributed by atoms with E-state index < -0.39 is 0 Å². The summed E-state index contributed by atoms with van der Waals surface area (Å²) in [7, 11) is 0. The van der Waals surface area contributed by atoms with Crippen molar-refractivity contribution in [2.45, 2.75) is 44.6 Å². The van der Waals surface area contributed by atoms with Gasteiger partial charge in [-0.2, -0.15) is 0 Å². The number of benzene rings is 1. The third kappa shape index (κ3) is 3.69. The SMILES string of the molecule is CC(=O)C(CCC(=O)NC1CC1)c1ccccc1. The quantitative estimate of drug-likeness (QED) is 0.836. The molecule has 0 aliphatic heterocycles. The number of amides is 1. The number of hydrogen-bond donors (Lipinski definition) is 1. The van der Waals surface area contributed by atoms with Crippen molar-refractivity contribution in [2.24, 2.45) is 0 Å². The number of hydrogen-bond acceptors (Lipinski definition) is 2. The van der Waals surface area contributed by atoms with Gasteiger partial charge in [0.05, 0.1) is 0 Å². The highest BCUT2D eigenvalue weighted by Gasteiger charge is 2.24. The van der Waals surface area contributed by atoms with Crippen molar-refractivity contribution in [2.75, 3.05) is 0 Å². The van der Waals surface area contributed by atoms with Crippen LogP contribution in [0.3, 0.4) is 0 Å².